The van der Waals surface area contributed by atoms with E-state index in [1.165, 1.54) is 0 Å². The fourth-order valence-electron chi connectivity index (χ4n) is 2.53. The van der Waals surface area contributed by atoms with Gasteiger partial charge in [0, 0.05) is 29.7 Å². The van der Waals surface area contributed by atoms with Crippen LogP contribution in [0.15, 0.2) is 22.7 Å². The van der Waals surface area contributed by atoms with E-state index in [2.05, 4.69) is 26.1 Å². The molecule has 6 heteroatoms. The van der Waals surface area contributed by atoms with Crippen LogP contribution in [0.1, 0.15) is 12.8 Å². The standard InChI is InChI=1S/C13H18BrN3O2/c1-15-9-10-4-6-16(7-5-10)13-3-2-11(17(18)19)8-12(13)14/h2-3,8,10,15H,4-7,9H2,1H3. The van der Waals surface area contributed by atoms with E-state index in [0.717, 1.165) is 48.6 Å². The highest BCUT2D eigenvalue weighted by Crippen LogP contribution is 2.32. The van der Waals surface area contributed by atoms with Crippen LogP contribution < -0.4 is 10.2 Å². The molecule has 0 amide bonds. The molecule has 0 aromatic heterocycles. The van der Waals surface area contributed by atoms with Gasteiger partial charge in [-0.3, -0.25) is 10.1 Å². The highest BCUT2D eigenvalue weighted by molar-refractivity contribution is 9.10. The molecule has 104 valence electrons. The molecule has 0 spiro atoms. The molecule has 1 heterocycles. The van der Waals surface area contributed by atoms with Crippen molar-refractivity contribution in [3.63, 3.8) is 0 Å². The van der Waals surface area contributed by atoms with E-state index in [0.29, 0.717) is 0 Å². The first-order valence-corrected chi connectivity index (χ1v) is 7.24. The number of nitro groups is 1. The molecule has 1 fully saturated rings. The monoisotopic (exact) mass is 327 g/mol. The maximum atomic E-state index is 10.7. The Morgan fingerprint density at radius 2 is 2.16 bits per heavy atom. The molecule has 0 unspecified atom stereocenters. The van der Waals surface area contributed by atoms with Gasteiger partial charge in [0.2, 0.25) is 0 Å². The number of nitrogens with zero attached hydrogens (tertiary/aromatic N) is 2. The Hall–Kier alpha value is -1.14. The smallest absolute Gasteiger partial charge is 0.270 e. The molecule has 0 bridgehead atoms. The van der Waals surface area contributed by atoms with Gasteiger partial charge >= 0.3 is 0 Å². The Bertz CT molecular complexity index is 459. The number of halogens is 1. The van der Waals surface area contributed by atoms with Crippen molar-refractivity contribution < 1.29 is 4.92 Å². The summed E-state index contributed by atoms with van der Waals surface area (Å²) in [6.07, 6.45) is 2.31. The second kappa shape index (κ2) is 6.34. The second-order valence-corrected chi connectivity index (χ2v) is 5.74. The molecule has 1 N–H and O–H groups in total. The van der Waals surface area contributed by atoms with Crippen LogP contribution in [0.25, 0.3) is 0 Å². The highest BCUT2D eigenvalue weighted by Gasteiger charge is 2.21. The van der Waals surface area contributed by atoms with E-state index in [1.54, 1.807) is 12.1 Å². The zero-order valence-corrected chi connectivity index (χ0v) is 12.5. The Balaban J connectivity index is 2.05. The summed E-state index contributed by atoms with van der Waals surface area (Å²) in [5.74, 6) is 0.734. The molecule has 1 aromatic carbocycles. The van der Waals surface area contributed by atoms with Crippen molar-refractivity contribution >= 4 is 27.3 Å². The predicted octanol–water partition coefficient (Wildman–Crippen LogP) is 2.79. The molecule has 0 saturated carbocycles. The van der Waals surface area contributed by atoms with E-state index in [-0.39, 0.29) is 10.6 Å². The van der Waals surface area contributed by atoms with Crippen LogP contribution in [0.2, 0.25) is 0 Å². The number of rotatable bonds is 4. The maximum absolute atomic E-state index is 10.7. The zero-order valence-electron chi connectivity index (χ0n) is 10.9. The Kier molecular flexibility index (Phi) is 4.76. The maximum Gasteiger partial charge on any atom is 0.270 e. The summed E-state index contributed by atoms with van der Waals surface area (Å²) in [6, 6.07) is 4.98. The van der Waals surface area contributed by atoms with Crippen LogP contribution in [0, 0.1) is 16.0 Å². The van der Waals surface area contributed by atoms with Gasteiger partial charge in [-0.25, -0.2) is 0 Å². The van der Waals surface area contributed by atoms with Crippen molar-refractivity contribution in [1.82, 2.24) is 5.32 Å². The molecule has 1 saturated heterocycles. The summed E-state index contributed by atoms with van der Waals surface area (Å²) >= 11 is 3.44. The minimum atomic E-state index is -0.367. The quantitative estimate of drug-likeness (QED) is 0.682. The molecule has 0 atom stereocenters. The molecule has 19 heavy (non-hydrogen) atoms. The number of piperidine rings is 1. The summed E-state index contributed by atoms with van der Waals surface area (Å²) in [7, 11) is 1.99. The average Bonchev–Trinajstić information content (AvgIpc) is 2.40. The summed E-state index contributed by atoms with van der Waals surface area (Å²) in [5, 5.41) is 13.9. The molecule has 0 radical (unpaired) electrons. The zero-order chi connectivity index (χ0) is 13.8. The fraction of sp³-hybridized carbons (Fsp3) is 0.538. The first-order valence-electron chi connectivity index (χ1n) is 6.45. The van der Waals surface area contributed by atoms with Gasteiger partial charge in [0.05, 0.1) is 10.6 Å². The van der Waals surface area contributed by atoms with Gasteiger partial charge in [-0.1, -0.05) is 0 Å². The fourth-order valence-corrected chi connectivity index (χ4v) is 3.15. The first kappa shape index (κ1) is 14.3. The molecule has 0 aliphatic carbocycles. The van der Waals surface area contributed by atoms with E-state index in [9.17, 15) is 10.1 Å². The van der Waals surface area contributed by atoms with Gasteiger partial charge < -0.3 is 10.2 Å². The van der Waals surface area contributed by atoms with E-state index in [1.807, 2.05) is 13.1 Å². The Morgan fingerprint density at radius 3 is 2.68 bits per heavy atom. The predicted molar refractivity (Wildman–Crippen MR) is 79.7 cm³/mol. The molecule has 5 nitrogen and oxygen atoms in total. The van der Waals surface area contributed by atoms with Gasteiger partial charge in [0.1, 0.15) is 0 Å². The summed E-state index contributed by atoms with van der Waals surface area (Å²) in [6.45, 7) is 3.07. The van der Waals surface area contributed by atoms with Crippen LogP contribution in [0.3, 0.4) is 0 Å². The lowest BCUT2D eigenvalue weighted by atomic mass is 9.96. The molecule has 1 aliphatic heterocycles. The number of benzene rings is 1. The lowest BCUT2D eigenvalue weighted by Gasteiger charge is -2.34. The highest BCUT2D eigenvalue weighted by atomic mass is 79.9. The average molecular weight is 328 g/mol. The van der Waals surface area contributed by atoms with Crippen molar-refractivity contribution in [2.75, 3.05) is 31.6 Å². The Morgan fingerprint density at radius 1 is 1.47 bits per heavy atom. The first-order chi connectivity index (χ1) is 9.11. The lowest BCUT2D eigenvalue weighted by Crippen LogP contribution is -2.36. The normalized spacial score (nSPS) is 16.6. The van der Waals surface area contributed by atoms with Crippen molar-refractivity contribution in [2.45, 2.75) is 12.8 Å². The number of anilines is 1. The number of hydrogen-bond donors (Lipinski definition) is 1. The third kappa shape index (κ3) is 3.45. The molecule has 1 aliphatic rings. The van der Waals surface area contributed by atoms with Crippen molar-refractivity contribution in [3.05, 3.63) is 32.8 Å². The molecule has 2 rings (SSSR count). The van der Waals surface area contributed by atoms with Gasteiger partial charge in [-0.05, 0) is 54.3 Å². The Labute approximate surface area is 121 Å². The van der Waals surface area contributed by atoms with Gasteiger partial charge in [0.15, 0.2) is 0 Å². The number of nitrogens with one attached hydrogen (secondary N) is 1. The van der Waals surface area contributed by atoms with Crippen LogP contribution in [0.5, 0.6) is 0 Å². The number of nitro benzene ring substituents is 1. The molecular weight excluding hydrogens is 310 g/mol. The van der Waals surface area contributed by atoms with Crippen molar-refractivity contribution in [2.24, 2.45) is 5.92 Å². The SMILES string of the molecule is CNCC1CCN(c2ccc([N+](=O)[O-])cc2Br)CC1. The van der Waals surface area contributed by atoms with Gasteiger partial charge in [-0.2, -0.15) is 0 Å². The van der Waals surface area contributed by atoms with Crippen LogP contribution in [-0.4, -0.2) is 31.6 Å². The summed E-state index contributed by atoms with van der Waals surface area (Å²) in [4.78, 5) is 12.6. The largest absolute Gasteiger partial charge is 0.371 e. The lowest BCUT2D eigenvalue weighted by molar-refractivity contribution is -0.384. The summed E-state index contributed by atoms with van der Waals surface area (Å²) in [5.41, 5.74) is 1.18. The minimum Gasteiger partial charge on any atom is -0.371 e. The van der Waals surface area contributed by atoms with Crippen LogP contribution >= 0.6 is 15.9 Å². The second-order valence-electron chi connectivity index (χ2n) is 4.88. The summed E-state index contributed by atoms with van der Waals surface area (Å²) < 4.78 is 0.800. The van der Waals surface area contributed by atoms with Crippen molar-refractivity contribution in [3.8, 4) is 0 Å². The number of non-ortho nitro benzene ring substituents is 1. The van der Waals surface area contributed by atoms with E-state index in [4.69, 9.17) is 0 Å². The van der Waals surface area contributed by atoms with Gasteiger partial charge in [0.25, 0.3) is 5.69 Å². The van der Waals surface area contributed by atoms with Gasteiger partial charge in [-0.15, -0.1) is 0 Å². The third-order valence-corrected chi connectivity index (χ3v) is 4.23. The topological polar surface area (TPSA) is 58.4 Å². The van der Waals surface area contributed by atoms with Crippen LogP contribution in [0.4, 0.5) is 11.4 Å². The minimum absolute atomic E-state index is 0.126. The van der Waals surface area contributed by atoms with E-state index >= 15 is 0 Å². The molecule has 1 aromatic rings. The van der Waals surface area contributed by atoms with Crippen molar-refractivity contribution in [1.29, 1.82) is 0 Å². The van der Waals surface area contributed by atoms with E-state index < -0.39 is 0 Å². The van der Waals surface area contributed by atoms with Crippen LogP contribution in [-0.2, 0) is 0 Å². The molecular formula is C13H18BrN3O2. The number of hydrogen-bond acceptors (Lipinski definition) is 4. The third-order valence-electron chi connectivity index (χ3n) is 3.59.